The summed E-state index contributed by atoms with van der Waals surface area (Å²) < 4.78 is 30.9. The molecule has 116 valence electrons. The summed E-state index contributed by atoms with van der Waals surface area (Å²) in [6.45, 7) is 3.34. The summed E-state index contributed by atoms with van der Waals surface area (Å²) in [5.41, 5.74) is 0. The van der Waals surface area contributed by atoms with Crippen LogP contribution in [0.5, 0.6) is 5.75 Å². The second-order valence-corrected chi connectivity index (χ2v) is 4.78. The van der Waals surface area contributed by atoms with Crippen LogP contribution in [0.2, 0.25) is 0 Å². The van der Waals surface area contributed by atoms with Gasteiger partial charge in [-0.1, -0.05) is 6.92 Å². The SMILES string of the molecule is CC(CNC(=O)C(C)Oc1ccc(F)c(F)c1)CC(=O)O. The van der Waals surface area contributed by atoms with Crippen molar-refractivity contribution in [2.45, 2.75) is 26.4 Å². The van der Waals surface area contributed by atoms with Gasteiger partial charge in [0.05, 0.1) is 0 Å². The van der Waals surface area contributed by atoms with Crippen molar-refractivity contribution < 1.29 is 28.2 Å². The number of carbonyl (C=O) groups is 2. The molecule has 1 rings (SSSR count). The lowest BCUT2D eigenvalue weighted by atomic mass is 10.1. The zero-order valence-corrected chi connectivity index (χ0v) is 11.7. The predicted octanol–water partition coefficient (Wildman–Crippen LogP) is 1.96. The van der Waals surface area contributed by atoms with Gasteiger partial charge in [0.2, 0.25) is 0 Å². The highest BCUT2D eigenvalue weighted by molar-refractivity contribution is 5.80. The number of hydrogen-bond donors (Lipinski definition) is 2. The molecule has 0 bridgehead atoms. The molecule has 0 aromatic heterocycles. The van der Waals surface area contributed by atoms with Gasteiger partial charge in [-0.2, -0.15) is 0 Å². The molecule has 2 N–H and O–H groups in total. The second-order valence-electron chi connectivity index (χ2n) is 4.78. The van der Waals surface area contributed by atoms with Crippen LogP contribution in [0.4, 0.5) is 8.78 Å². The van der Waals surface area contributed by atoms with Crippen LogP contribution >= 0.6 is 0 Å². The molecule has 0 heterocycles. The molecule has 0 spiro atoms. The molecule has 0 aliphatic carbocycles. The topological polar surface area (TPSA) is 75.6 Å². The molecule has 1 amide bonds. The largest absolute Gasteiger partial charge is 0.481 e. The van der Waals surface area contributed by atoms with Crippen molar-refractivity contribution in [1.29, 1.82) is 0 Å². The average molecular weight is 301 g/mol. The molecule has 0 aliphatic heterocycles. The van der Waals surface area contributed by atoms with Gasteiger partial charge in [-0.15, -0.1) is 0 Å². The van der Waals surface area contributed by atoms with E-state index < -0.39 is 29.6 Å². The van der Waals surface area contributed by atoms with Gasteiger partial charge in [0, 0.05) is 19.0 Å². The maximum atomic E-state index is 13.0. The predicted molar refractivity (Wildman–Crippen MR) is 70.9 cm³/mol. The summed E-state index contributed by atoms with van der Waals surface area (Å²) in [6, 6.07) is 2.98. The summed E-state index contributed by atoms with van der Waals surface area (Å²) in [6.07, 6.45) is -0.967. The third-order valence-corrected chi connectivity index (χ3v) is 2.72. The summed E-state index contributed by atoms with van der Waals surface area (Å²) in [5.74, 6) is -3.64. The number of rotatable bonds is 7. The Hall–Kier alpha value is -2.18. The fourth-order valence-electron chi connectivity index (χ4n) is 1.60. The van der Waals surface area contributed by atoms with Gasteiger partial charge < -0.3 is 15.2 Å². The van der Waals surface area contributed by atoms with E-state index >= 15 is 0 Å². The quantitative estimate of drug-likeness (QED) is 0.807. The van der Waals surface area contributed by atoms with Crippen molar-refractivity contribution in [1.82, 2.24) is 5.32 Å². The normalized spacial score (nSPS) is 13.3. The molecule has 1 aromatic rings. The maximum absolute atomic E-state index is 13.0. The summed E-state index contributed by atoms with van der Waals surface area (Å²) >= 11 is 0. The van der Waals surface area contributed by atoms with Crippen molar-refractivity contribution in [2.75, 3.05) is 6.54 Å². The summed E-state index contributed by atoms with van der Waals surface area (Å²) in [7, 11) is 0. The van der Waals surface area contributed by atoms with Crippen LogP contribution < -0.4 is 10.1 Å². The van der Waals surface area contributed by atoms with E-state index in [4.69, 9.17) is 9.84 Å². The van der Waals surface area contributed by atoms with Crippen molar-refractivity contribution >= 4 is 11.9 Å². The number of carbonyl (C=O) groups excluding carboxylic acids is 1. The smallest absolute Gasteiger partial charge is 0.303 e. The Morgan fingerprint density at radius 3 is 2.52 bits per heavy atom. The Labute approximate surface area is 120 Å². The van der Waals surface area contributed by atoms with Crippen LogP contribution in [-0.2, 0) is 9.59 Å². The van der Waals surface area contributed by atoms with Crippen molar-refractivity contribution in [3.63, 3.8) is 0 Å². The Morgan fingerprint density at radius 1 is 1.29 bits per heavy atom. The van der Waals surface area contributed by atoms with E-state index in [0.717, 1.165) is 12.1 Å². The molecule has 0 fully saturated rings. The average Bonchev–Trinajstić information content (AvgIpc) is 2.39. The molecule has 21 heavy (non-hydrogen) atoms. The first kappa shape index (κ1) is 16.9. The molecule has 0 saturated carbocycles. The minimum atomic E-state index is -1.06. The Morgan fingerprint density at radius 2 is 1.95 bits per heavy atom. The molecular formula is C14H17F2NO4. The van der Waals surface area contributed by atoms with Crippen LogP contribution in [0.25, 0.3) is 0 Å². The molecule has 0 saturated heterocycles. The number of carboxylic acid groups (broad SMARTS) is 1. The third-order valence-electron chi connectivity index (χ3n) is 2.72. The van der Waals surface area contributed by atoms with Crippen molar-refractivity contribution in [3.05, 3.63) is 29.8 Å². The van der Waals surface area contributed by atoms with Crippen molar-refractivity contribution in [2.24, 2.45) is 5.92 Å². The van der Waals surface area contributed by atoms with E-state index in [0.29, 0.717) is 0 Å². The van der Waals surface area contributed by atoms with Crippen LogP contribution in [0.15, 0.2) is 18.2 Å². The van der Waals surface area contributed by atoms with Crippen LogP contribution in [0.1, 0.15) is 20.3 Å². The first-order valence-electron chi connectivity index (χ1n) is 6.40. The lowest BCUT2D eigenvalue weighted by Crippen LogP contribution is -2.38. The van der Waals surface area contributed by atoms with E-state index in [1.807, 2.05) is 0 Å². The number of benzene rings is 1. The molecule has 7 heteroatoms. The van der Waals surface area contributed by atoms with E-state index in [-0.39, 0.29) is 24.6 Å². The van der Waals surface area contributed by atoms with Crippen LogP contribution in [-0.4, -0.2) is 29.6 Å². The fourth-order valence-corrected chi connectivity index (χ4v) is 1.60. The standard InChI is InChI=1S/C14H17F2NO4/c1-8(5-13(18)19)7-17-14(20)9(2)21-10-3-4-11(15)12(16)6-10/h3-4,6,8-9H,5,7H2,1-2H3,(H,17,20)(H,18,19). The minimum absolute atomic E-state index is 0.0372. The van der Waals surface area contributed by atoms with Gasteiger partial charge in [0.25, 0.3) is 5.91 Å². The van der Waals surface area contributed by atoms with Gasteiger partial charge in [-0.25, -0.2) is 8.78 Å². The third kappa shape index (κ3) is 5.76. The first-order chi connectivity index (χ1) is 9.79. The monoisotopic (exact) mass is 301 g/mol. The first-order valence-corrected chi connectivity index (χ1v) is 6.40. The Kier molecular flexibility index (Phi) is 6.08. The highest BCUT2D eigenvalue weighted by Crippen LogP contribution is 2.16. The number of ether oxygens (including phenoxy) is 1. The van der Waals surface area contributed by atoms with Gasteiger partial charge in [-0.3, -0.25) is 9.59 Å². The number of hydrogen-bond acceptors (Lipinski definition) is 3. The van der Waals surface area contributed by atoms with Crippen molar-refractivity contribution in [3.8, 4) is 5.75 Å². The van der Waals surface area contributed by atoms with Gasteiger partial charge in [0.1, 0.15) is 5.75 Å². The number of carboxylic acids is 1. The number of nitrogens with one attached hydrogen (secondary N) is 1. The maximum Gasteiger partial charge on any atom is 0.303 e. The molecule has 0 aliphatic rings. The Bertz CT molecular complexity index is 522. The number of aliphatic carboxylic acids is 1. The van der Waals surface area contributed by atoms with Gasteiger partial charge in [0.15, 0.2) is 17.7 Å². The molecule has 2 atom stereocenters. The molecule has 0 radical (unpaired) electrons. The second kappa shape index (κ2) is 7.56. The van der Waals surface area contributed by atoms with E-state index in [9.17, 15) is 18.4 Å². The Balaban J connectivity index is 2.47. The van der Waals surface area contributed by atoms with Gasteiger partial charge >= 0.3 is 5.97 Å². The summed E-state index contributed by atoms with van der Waals surface area (Å²) in [4.78, 5) is 22.2. The number of halogens is 2. The highest BCUT2D eigenvalue weighted by Gasteiger charge is 2.17. The minimum Gasteiger partial charge on any atom is -0.481 e. The fraction of sp³-hybridized carbons (Fsp3) is 0.429. The van der Waals surface area contributed by atoms with Crippen LogP contribution in [0.3, 0.4) is 0 Å². The van der Waals surface area contributed by atoms with Crippen LogP contribution in [0, 0.1) is 17.6 Å². The van der Waals surface area contributed by atoms with Gasteiger partial charge in [-0.05, 0) is 25.0 Å². The molecule has 2 unspecified atom stereocenters. The zero-order valence-electron chi connectivity index (χ0n) is 11.7. The summed E-state index contributed by atoms with van der Waals surface area (Å²) in [5, 5.41) is 11.1. The molecule has 5 nitrogen and oxygen atoms in total. The highest BCUT2D eigenvalue weighted by atomic mass is 19.2. The molecule has 1 aromatic carbocycles. The number of amides is 1. The van der Waals surface area contributed by atoms with E-state index in [2.05, 4.69) is 5.32 Å². The lowest BCUT2D eigenvalue weighted by molar-refractivity contribution is -0.138. The van der Waals surface area contributed by atoms with E-state index in [1.54, 1.807) is 6.92 Å². The molecular weight excluding hydrogens is 284 g/mol. The lowest BCUT2D eigenvalue weighted by Gasteiger charge is -2.16. The zero-order chi connectivity index (χ0) is 16.0. The van der Waals surface area contributed by atoms with E-state index in [1.165, 1.54) is 13.0 Å².